The van der Waals surface area contributed by atoms with E-state index in [1.807, 2.05) is 34.1 Å². The molecule has 0 aromatic carbocycles. The van der Waals surface area contributed by atoms with Gasteiger partial charge in [0.15, 0.2) is 9.74 Å². The molecule has 0 radical (unpaired) electrons. The zero-order valence-electron chi connectivity index (χ0n) is 12.9. The molecule has 24 heavy (non-hydrogen) atoms. The summed E-state index contributed by atoms with van der Waals surface area (Å²) in [6, 6.07) is 0.0696. The van der Waals surface area contributed by atoms with E-state index in [0.717, 1.165) is 12.8 Å². The second-order valence-electron chi connectivity index (χ2n) is 7.34. The van der Waals surface area contributed by atoms with Gasteiger partial charge in [0.25, 0.3) is 11.8 Å². The third-order valence-electron chi connectivity index (χ3n) is 6.26. The van der Waals surface area contributed by atoms with Crippen LogP contribution in [0.25, 0.3) is 0 Å². The highest BCUT2D eigenvalue weighted by Crippen LogP contribution is 2.69. The smallest absolute Gasteiger partial charge is 0.262 e. The molecule has 5 fully saturated rings. The van der Waals surface area contributed by atoms with Crippen molar-refractivity contribution in [3.63, 3.8) is 0 Å². The number of hydrogen-bond donors (Lipinski definition) is 0. The van der Waals surface area contributed by atoms with Gasteiger partial charge in [0.1, 0.15) is 0 Å². The van der Waals surface area contributed by atoms with E-state index in [2.05, 4.69) is 24.3 Å². The average Bonchev–Trinajstić information content (AvgIpc) is 3.12. The molecule has 4 nitrogen and oxygen atoms in total. The number of allylic oxidation sites excluding steroid dienone is 4. The lowest BCUT2D eigenvalue weighted by molar-refractivity contribution is -0.164. The van der Waals surface area contributed by atoms with Crippen molar-refractivity contribution in [3.05, 3.63) is 48.6 Å². The third-order valence-corrected chi connectivity index (χ3v) is 9.87. The van der Waals surface area contributed by atoms with Crippen LogP contribution in [0.5, 0.6) is 0 Å². The van der Waals surface area contributed by atoms with Gasteiger partial charge < -0.3 is 9.80 Å². The van der Waals surface area contributed by atoms with Gasteiger partial charge >= 0.3 is 0 Å². The molecule has 2 aliphatic carbocycles. The summed E-state index contributed by atoms with van der Waals surface area (Å²) >= 11 is 0. The summed E-state index contributed by atoms with van der Waals surface area (Å²) in [5.41, 5.74) is 0. The van der Waals surface area contributed by atoms with Crippen LogP contribution in [0.4, 0.5) is 0 Å². The molecule has 7 rings (SSSR count). The molecule has 6 atom stereocenters. The molecule has 2 amide bonds. The molecule has 7 aliphatic rings. The van der Waals surface area contributed by atoms with Gasteiger partial charge in [-0.15, -0.1) is 0 Å². The Hall–Kier alpha value is -1.40. The van der Waals surface area contributed by atoms with Crippen molar-refractivity contribution in [2.75, 3.05) is 0 Å². The largest absolute Gasteiger partial charge is 0.309 e. The predicted octanol–water partition coefficient (Wildman–Crippen LogP) is 2.47. The van der Waals surface area contributed by atoms with Gasteiger partial charge in [-0.25, -0.2) is 0 Å². The minimum absolute atomic E-state index is 0.0348. The second kappa shape index (κ2) is 4.22. The van der Waals surface area contributed by atoms with Gasteiger partial charge in [-0.3, -0.25) is 9.59 Å². The van der Waals surface area contributed by atoms with E-state index in [9.17, 15) is 9.59 Å². The van der Waals surface area contributed by atoms with E-state index in [1.54, 1.807) is 21.6 Å². The highest BCUT2D eigenvalue weighted by molar-refractivity contribution is 8.78. The first-order valence-corrected chi connectivity index (χ1v) is 10.6. The molecule has 0 aromatic rings. The minimum atomic E-state index is -0.720. The number of amides is 2. The van der Waals surface area contributed by atoms with Gasteiger partial charge in [-0.2, -0.15) is 0 Å². The van der Waals surface area contributed by atoms with E-state index in [0.29, 0.717) is 0 Å². The van der Waals surface area contributed by atoms with E-state index >= 15 is 0 Å². The van der Waals surface area contributed by atoms with E-state index in [1.165, 1.54) is 0 Å². The van der Waals surface area contributed by atoms with Crippen LogP contribution in [-0.4, -0.2) is 43.4 Å². The first kappa shape index (κ1) is 13.8. The Labute approximate surface area is 148 Å². The van der Waals surface area contributed by atoms with Crippen LogP contribution in [0.1, 0.15) is 12.8 Å². The van der Waals surface area contributed by atoms with Gasteiger partial charge in [-0.1, -0.05) is 70.2 Å². The summed E-state index contributed by atoms with van der Waals surface area (Å²) < 4.78 is 0. The predicted molar refractivity (Wildman–Crippen MR) is 94.7 cm³/mol. The number of rotatable bonds is 0. The molecular weight excluding hydrogens is 340 g/mol. The van der Waals surface area contributed by atoms with Crippen LogP contribution in [0.15, 0.2) is 48.6 Å². The first-order chi connectivity index (χ1) is 11.7. The van der Waals surface area contributed by atoms with Gasteiger partial charge in [0, 0.05) is 11.8 Å². The summed E-state index contributed by atoms with van der Waals surface area (Å²) in [6.07, 6.45) is 18.1. The zero-order chi connectivity index (χ0) is 16.1. The fraction of sp³-hybridized carbons (Fsp3) is 0.444. The fourth-order valence-electron chi connectivity index (χ4n) is 5.25. The summed E-state index contributed by atoms with van der Waals surface area (Å²) in [5, 5.41) is 0. The monoisotopic (exact) mass is 356 g/mol. The van der Waals surface area contributed by atoms with Gasteiger partial charge in [0.2, 0.25) is 0 Å². The third kappa shape index (κ3) is 1.31. The standard InChI is InChI=1S/C18H16N2O2S2/c21-15-17-9-11-5-1-3-7-13(11)19(17)16(22)18(24-23-17)10-12-6-2-4-8-14(12)20(15)18/h1-8,11-14H,9-10H2/t11-,12-,13-,14-,17+,18+/m1/s1. The van der Waals surface area contributed by atoms with Crippen LogP contribution in [-0.2, 0) is 9.59 Å². The van der Waals surface area contributed by atoms with Gasteiger partial charge in [-0.05, 0) is 12.8 Å². The Balaban J connectivity index is 1.54. The molecule has 5 aliphatic heterocycles. The molecule has 5 heterocycles. The lowest BCUT2D eigenvalue weighted by Gasteiger charge is -2.58. The quantitative estimate of drug-likeness (QED) is 0.625. The number of piperazine rings is 1. The normalized spacial score (nSPS) is 49.5. The Bertz CT molecular complexity index is 737. The SMILES string of the molecule is O=C1N2[C@@H]3C=CC=C[C@@H]3C[C@@]23SS[C@@]12C[C@H]1C=CC=C[C@H]1N2C3=O. The minimum Gasteiger partial charge on any atom is -0.309 e. The number of hydrogen-bond acceptors (Lipinski definition) is 4. The van der Waals surface area contributed by atoms with Crippen molar-refractivity contribution in [2.24, 2.45) is 11.8 Å². The summed E-state index contributed by atoms with van der Waals surface area (Å²) in [4.78, 5) is 29.6. The second-order valence-corrected chi connectivity index (χ2v) is 10.0. The maximum absolute atomic E-state index is 13.6. The van der Waals surface area contributed by atoms with Crippen molar-refractivity contribution >= 4 is 33.4 Å². The number of carbonyl (C=O) groups excluding carboxylic acids is 2. The van der Waals surface area contributed by atoms with Crippen molar-refractivity contribution in [1.82, 2.24) is 9.80 Å². The van der Waals surface area contributed by atoms with Crippen LogP contribution in [0.3, 0.4) is 0 Å². The molecular formula is C18H16N2O2S2. The molecule has 5 saturated heterocycles. The number of carbonyl (C=O) groups is 2. The Kier molecular flexibility index (Phi) is 2.43. The maximum Gasteiger partial charge on any atom is 0.262 e. The molecule has 2 bridgehead atoms. The summed E-state index contributed by atoms with van der Waals surface area (Å²) in [7, 11) is 3.27. The Morgan fingerprint density at radius 3 is 1.62 bits per heavy atom. The average molecular weight is 356 g/mol. The molecule has 0 saturated carbocycles. The lowest BCUT2D eigenvalue weighted by atomic mass is 9.93. The topological polar surface area (TPSA) is 40.6 Å². The number of fused-ring (bicyclic) bond motifs is 3. The molecule has 0 N–H and O–H groups in total. The summed E-state index contributed by atoms with van der Waals surface area (Å²) in [5.74, 6) is 0.802. The Morgan fingerprint density at radius 2 is 1.17 bits per heavy atom. The zero-order valence-corrected chi connectivity index (χ0v) is 14.5. The molecule has 0 unspecified atom stereocenters. The molecule has 6 heteroatoms. The number of nitrogens with zero attached hydrogens (tertiary/aromatic N) is 2. The fourth-order valence-corrected chi connectivity index (χ4v) is 9.10. The highest BCUT2D eigenvalue weighted by atomic mass is 33.1. The van der Waals surface area contributed by atoms with E-state index < -0.39 is 9.74 Å². The van der Waals surface area contributed by atoms with Crippen molar-refractivity contribution in [3.8, 4) is 0 Å². The first-order valence-electron chi connectivity index (χ1n) is 8.42. The highest BCUT2D eigenvalue weighted by Gasteiger charge is 2.76. The molecule has 122 valence electrons. The van der Waals surface area contributed by atoms with E-state index in [-0.39, 0.29) is 35.7 Å². The van der Waals surface area contributed by atoms with E-state index in [4.69, 9.17) is 0 Å². The van der Waals surface area contributed by atoms with Crippen molar-refractivity contribution < 1.29 is 9.59 Å². The Morgan fingerprint density at radius 1 is 0.750 bits per heavy atom. The van der Waals surface area contributed by atoms with Crippen LogP contribution in [0, 0.1) is 11.8 Å². The maximum atomic E-state index is 13.6. The molecule has 2 spiro atoms. The van der Waals surface area contributed by atoms with Crippen molar-refractivity contribution in [2.45, 2.75) is 34.7 Å². The lowest BCUT2D eigenvalue weighted by Crippen LogP contribution is -2.75. The van der Waals surface area contributed by atoms with Crippen molar-refractivity contribution in [1.29, 1.82) is 0 Å². The summed E-state index contributed by atoms with van der Waals surface area (Å²) in [6.45, 7) is 0. The van der Waals surface area contributed by atoms with Crippen LogP contribution >= 0.6 is 21.6 Å². The van der Waals surface area contributed by atoms with Crippen LogP contribution in [0.2, 0.25) is 0 Å². The molecule has 0 aromatic heterocycles. The van der Waals surface area contributed by atoms with Gasteiger partial charge in [0.05, 0.1) is 12.1 Å². The van der Waals surface area contributed by atoms with Crippen LogP contribution < -0.4 is 0 Å².